The highest BCUT2D eigenvalue weighted by Gasteiger charge is 2.34. The fourth-order valence-corrected chi connectivity index (χ4v) is 2.50. The van der Waals surface area contributed by atoms with Crippen LogP contribution in [0.1, 0.15) is 19.8 Å². The number of ether oxygens (including phenoxy) is 2. The molecule has 1 saturated heterocycles. The Balaban J connectivity index is 0.00000400. The number of hydrogen-bond donors (Lipinski definition) is 2. The van der Waals surface area contributed by atoms with Crippen LogP contribution in [0.2, 0.25) is 0 Å². The van der Waals surface area contributed by atoms with Crippen LogP contribution in [-0.2, 0) is 9.47 Å². The summed E-state index contributed by atoms with van der Waals surface area (Å²) in [5, 5.41) is 6.76. The molecule has 21 heavy (non-hydrogen) atoms. The molecule has 0 aromatic heterocycles. The number of nitrogens with zero attached hydrogens (tertiary/aromatic N) is 2. The summed E-state index contributed by atoms with van der Waals surface area (Å²) >= 11 is 0. The summed E-state index contributed by atoms with van der Waals surface area (Å²) in [6.45, 7) is 5.25. The predicted molar refractivity (Wildman–Crippen MR) is 97.7 cm³/mol. The van der Waals surface area contributed by atoms with Crippen molar-refractivity contribution in [2.45, 2.75) is 31.3 Å². The third-order valence-corrected chi connectivity index (χ3v) is 3.98. The topological polar surface area (TPSA) is 58.1 Å². The summed E-state index contributed by atoms with van der Waals surface area (Å²) in [6, 6.07) is 0.233. The van der Waals surface area contributed by atoms with Gasteiger partial charge in [-0.25, -0.2) is 0 Å². The zero-order valence-corrected chi connectivity index (χ0v) is 16.3. The maximum absolute atomic E-state index is 5.49. The molecule has 0 aromatic rings. The van der Waals surface area contributed by atoms with Crippen LogP contribution in [0.5, 0.6) is 0 Å². The van der Waals surface area contributed by atoms with E-state index in [0.717, 1.165) is 38.6 Å². The van der Waals surface area contributed by atoms with E-state index in [1.165, 1.54) is 0 Å². The van der Waals surface area contributed by atoms with Crippen LogP contribution >= 0.6 is 24.0 Å². The van der Waals surface area contributed by atoms with Gasteiger partial charge >= 0.3 is 0 Å². The Morgan fingerprint density at radius 1 is 1.38 bits per heavy atom. The van der Waals surface area contributed by atoms with Gasteiger partial charge < -0.3 is 25.0 Å². The van der Waals surface area contributed by atoms with Crippen LogP contribution in [0, 0.1) is 0 Å². The van der Waals surface area contributed by atoms with E-state index < -0.39 is 0 Å². The number of halogens is 1. The van der Waals surface area contributed by atoms with E-state index in [1.54, 1.807) is 14.2 Å². The number of aliphatic imine (C=N–C) groups is 1. The Kier molecular flexibility index (Phi) is 10.5. The second-order valence-electron chi connectivity index (χ2n) is 5.66. The van der Waals surface area contributed by atoms with E-state index in [1.807, 2.05) is 0 Å². The van der Waals surface area contributed by atoms with Gasteiger partial charge in [0, 0.05) is 45.5 Å². The number of hydrogen-bond acceptors (Lipinski definition) is 4. The highest BCUT2D eigenvalue weighted by molar-refractivity contribution is 14.0. The normalized spacial score (nSPS) is 19.8. The predicted octanol–water partition coefficient (Wildman–Crippen LogP) is 0.915. The SMILES string of the molecule is CN=C(NCC1(N(C)C)CCOCC1)NC(C)COC.I. The van der Waals surface area contributed by atoms with E-state index >= 15 is 0 Å². The van der Waals surface area contributed by atoms with E-state index in [-0.39, 0.29) is 35.6 Å². The van der Waals surface area contributed by atoms with Crippen LogP contribution in [0.4, 0.5) is 0 Å². The van der Waals surface area contributed by atoms with Gasteiger partial charge in [-0.15, -0.1) is 24.0 Å². The zero-order chi connectivity index (χ0) is 15.0. The molecular formula is C14H31IN4O2. The van der Waals surface area contributed by atoms with Gasteiger partial charge in [-0.1, -0.05) is 0 Å². The molecule has 6 nitrogen and oxygen atoms in total. The number of likely N-dealkylation sites (N-methyl/N-ethyl adjacent to an activating group) is 1. The number of guanidine groups is 1. The summed E-state index contributed by atoms with van der Waals surface area (Å²) in [5.41, 5.74) is 0.139. The van der Waals surface area contributed by atoms with Crippen molar-refractivity contribution in [3.05, 3.63) is 0 Å². The lowest BCUT2D eigenvalue weighted by molar-refractivity contribution is -0.00504. The first kappa shape index (κ1) is 20.9. The molecule has 0 radical (unpaired) electrons. The van der Waals surface area contributed by atoms with Crippen molar-refractivity contribution >= 4 is 29.9 Å². The van der Waals surface area contributed by atoms with E-state index in [2.05, 4.69) is 41.5 Å². The summed E-state index contributed by atoms with van der Waals surface area (Å²) in [6.07, 6.45) is 2.08. The van der Waals surface area contributed by atoms with Crippen LogP contribution in [-0.4, -0.2) is 77.1 Å². The maximum atomic E-state index is 5.49. The summed E-state index contributed by atoms with van der Waals surface area (Å²) < 4.78 is 10.6. The first-order valence-corrected chi connectivity index (χ1v) is 7.25. The van der Waals surface area contributed by atoms with E-state index in [4.69, 9.17) is 9.47 Å². The molecule has 0 spiro atoms. The van der Waals surface area contributed by atoms with Crippen molar-refractivity contribution in [3.8, 4) is 0 Å². The number of nitrogens with one attached hydrogen (secondary N) is 2. The summed E-state index contributed by atoms with van der Waals surface area (Å²) in [5.74, 6) is 0.822. The van der Waals surface area contributed by atoms with Gasteiger partial charge in [0.05, 0.1) is 6.61 Å². The molecule has 1 rings (SSSR count). The lowest BCUT2D eigenvalue weighted by atomic mass is 9.88. The quantitative estimate of drug-likeness (QED) is 0.385. The fraction of sp³-hybridized carbons (Fsp3) is 0.929. The number of rotatable bonds is 6. The first-order chi connectivity index (χ1) is 9.54. The smallest absolute Gasteiger partial charge is 0.191 e. The molecule has 2 N–H and O–H groups in total. The molecule has 0 aliphatic carbocycles. The lowest BCUT2D eigenvalue weighted by Gasteiger charge is -2.43. The summed E-state index contributed by atoms with van der Waals surface area (Å²) in [4.78, 5) is 6.57. The zero-order valence-electron chi connectivity index (χ0n) is 13.9. The average Bonchev–Trinajstić information content (AvgIpc) is 2.44. The number of methoxy groups -OCH3 is 1. The molecule has 1 aliphatic heterocycles. The minimum absolute atomic E-state index is 0. The van der Waals surface area contributed by atoms with Crippen molar-refractivity contribution in [1.82, 2.24) is 15.5 Å². The van der Waals surface area contributed by atoms with Crippen LogP contribution < -0.4 is 10.6 Å². The van der Waals surface area contributed by atoms with Crippen molar-refractivity contribution in [2.24, 2.45) is 4.99 Å². The Bertz CT molecular complexity index is 307. The van der Waals surface area contributed by atoms with Crippen LogP contribution in [0.3, 0.4) is 0 Å². The molecule has 0 saturated carbocycles. The Morgan fingerprint density at radius 3 is 2.48 bits per heavy atom. The van der Waals surface area contributed by atoms with Crippen molar-refractivity contribution in [3.63, 3.8) is 0 Å². The van der Waals surface area contributed by atoms with Crippen molar-refractivity contribution < 1.29 is 9.47 Å². The molecule has 0 aromatic carbocycles. The second kappa shape index (κ2) is 10.6. The Morgan fingerprint density at radius 2 is 2.00 bits per heavy atom. The lowest BCUT2D eigenvalue weighted by Crippen LogP contribution is -2.57. The fourth-order valence-electron chi connectivity index (χ4n) is 2.50. The van der Waals surface area contributed by atoms with Crippen LogP contribution in [0.25, 0.3) is 0 Å². The average molecular weight is 414 g/mol. The van der Waals surface area contributed by atoms with Crippen molar-refractivity contribution in [2.75, 3.05) is 54.6 Å². The second-order valence-corrected chi connectivity index (χ2v) is 5.66. The highest BCUT2D eigenvalue weighted by Crippen LogP contribution is 2.24. The van der Waals surface area contributed by atoms with E-state index in [0.29, 0.717) is 6.61 Å². The van der Waals surface area contributed by atoms with Gasteiger partial charge in [0.15, 0.2) is 5.96 Å². The molecule has 1 unspecified atom stereocenters. The van der Waals surface area contributed by atoms with Gasteiger partial charge in [-0.05, 0) is 33.9 Å². The summed E-state index contributed by atoms with van der Waals surface area (Å²) in [7, 11) is 7.77. The third kappa shape index (κ3) is 6.66. The maximum Gasteiger partial charge on any atom is 0.191 e. The van der Waals surface area contributed by atoms with Crippen LogP contribution in [0.15, 0.2) is 4.99 Å². The van der Waals surface area contributed by atoms with Crippen molar-refractivity contribution in [1.29, 1.82) is 0 Å². The third-order valence-electron chi connectivity index (χ3n) is 3.98. The van der Waals surface area contributed by atoms with Gasteiger partial charge in [-0.2, -0.15) is 0 Å². The van der Waals surface area contributed by atoms with Gasteiger partial charge in [-0.3, -0.25) is 4.99 Å². The molecule has 7 heteroatoms. The highest BCUT2D eigenvalue weighted by atomic mass is 127. The molecule has 126 valence electrons. The standard InChI is InChI=1S/C14H30N4O2.HI/c1-12(10-19-5)17-13(15-2)16-11-14(18(3)4)6-8-20-9-7-14;/h12H,6-11H2,1-5H3,(H2,15,16,17);1H. The molecule has 1 heterocycles. The van der Waals surface area contributed by atoms with E-state index in [9.17, 15) is 0 Å². The molecule has 1 atom stereocenters. The molecule has 1 fully saturated rings. The molecule has 0 amide bonds. The molecule has 0 bridgehead atoms. The first-order valence-electron chi connectivity index (χ1n) is 7.25. The Hall–Kier alpha value is -0.120. The molecule has 1 aliphatic rings. The van der Waals surface area contributed by atoms with Gasteiger partial charge in [0.25, 0.3) is 0 Å². The van der Waals surface area contributed by atoms with Gasteiger partial charge in [0.1, 0.15) is 0 Å². The minimum atomic E-state index is 0. The Labute approximate surface area is 146 Å². The minimum Gasteiger partial charge on any atom is -0.383 e. The monoisotopic (exact) mass is 414 g/mol. The largest absolute Gasteiger partial charge is 0.383 e. The molecular weight excluding hydrogens is 383 g/mol. The van der Waals surface area contributed by atoms with Gasteiger partial charge in [0.2, 0.25) is 0 Å².